The van der Waals surface area contributed by atoms with Crippen LogP contribution in [0.1, 0.15) is 38.6 Å². The molecule has 2 aliphatic rings. The highest BCUT2D eigenvalue weighted by atomic mass is 32.1. The van der Waals surface area contributed by atoms with Crippen LogP contribution in [0, 0.1) is 22.5 Å². The van der Waals surface area contributed by atoms with Gasteiger partial charge in [0.1, 0.15) is 0 Å². The van der Waals surface area contributed by atoms with Gasteiger partial charge in [-0.15, -0.1) is 0 Å². The van der Waals surface area contributed by atoms with Gasteiger partial charge < -0.3 is 4.42 Å². The summed E-state index contributed by atoms with van der Waals surface area (Å²) in [6.45, 7) is 2.28. The Morgan fingerprint density at radius 3 is 3.00 bits per heavy atom. The molecule has 4 rings (SSSR count). The third-order valence-electron chi connectivity index (χ3n) is 5.27. The zero-order chi connectivity index (χ0) is 13.7. The van der Waals surface area contributed by atoms with E-state index in [0.29, 0.717) is 10.8 Å². The summed E-state index contributed by atoms with van der Waals surface area (Å²) in [5, 5.41) is 7.29. The van der Waals surface area contributed by atoms with Crippen molar-refractivity contribution in [2.75, 3.05) is 0 Å². The Morgan fingerprint density at radius 1 is 1.45 bits per heavy atom. The molecular weight excluding hydrogens is 270 g/mol. The number of aromatic amines is 1. The maximum Gasteiger partial charge on any atom is 0.198 e. The fraction of sp³-hybridized carbons (Fsp3) is 0.600. The minimum atomic E-state index is 0.386. The van der Waals surface area contributed by atoms with Crippen LogP contribution in [-0.4, -0.2) is 14.8 Å². The molecule has 2 fully saturated rings. The molecule has 0 aliphatic heterocycles. The molecular formula is C15H19N3OS. The summed E-state index contributed by atoms with van der Waals surface area (Å²) in [5.41, 5.74) is 0. The molecule has 2 heterocycles. The van der Waals surface area contributed by atoms with E-state index >= 15 is 0 Å². The van der Waals surface area contributed by atoms with Gasteiger partial charge in [0.25, 0.3) is 0 Å². The third-order valence-corrected chi connectivity index (χ3v) is 5.55. The van der Waals surface area contributed by atoms with Gasteiger partial charge in [-0.25, -0.2) is 0 Å². The monoisotopic (exact) mass is 289 g/mol. The number of H-pyrrole nitrogens is 1. The summed E-state index contributed by atoms with van der Waals surface area (Å²) >= 11 is 5.45. The number of rotatable bonds is 3. The SMILES string of the molecule is C[C@@H]([C@H]1C[C@H]2CC[C@H]1C2)n1c(-c2ccco2)n[nH]c1=S. The van der Waals surface area contributed by atoms with Crippen LogP contribution in [0.15, 0.2) is 22.8 Å². The number of nitrogens with zero attached hydrogens (tertiary/aromatic N) is 2. The number of nitrogens with one attached hydrogen (secondary N) is 1. The van der Waals surface area contributed by atoms with E-state index in [1.807, 2.05) is 12.1 Å². The molecule has 1 N–H and O–H groups in total. The molecule has 0 aromatic carbocycles. The maximum atomic E-state index is 5.50. The lowest BCUT2D eigenvalue weighted by Crippen LogP contribution is -2.22. The molecule has 4 nitrogen and oxygen atoms in total. The van der Waals surface area contributed by atoms with E-state index in [0.717, 1.165) is 29.3 Å². The molecule has 0 radical (unpaired) electrons. The Bertz CT molecular complexity index is 657. The minimum Gasteiger partial charge on any atom is -0.461 e. The first-order valence-electron chi connectivity index (χ1n) is 7.45. The lowest BCUT2D eigenvalue weighted by molar-refractivity contribution is 0.242. The van der Waals surface area contributed by atoms with Crippen LogP contribution < -0.4 is 0 Å². The molecule has 5 heteroatoms. The lowest BCUT2D eigenvalue weighted by Gasteiger charge is -2.29. The predicted molar refractivity (Wildman–Crippen MR) is 78.8 cm³/mol. The molecule has 2 aromatic rings. The second-order valence-electron chi connectivity index (χ2n) is 6.28. The Morgan fingerprint density at radius 2 is 2.35 bits per heavy atom. The smallest absolute Gasteiger partial charge is 0.198 e. The average Bonchev–Trinajstić information content (AvgIpc) is 3.21. The number of hydrogen-bond donors (Lipinski definition) is 1. The van der Waals surface area contributed by atoms with Gasteiger partial charge in [0, 0.05) is 6.04 Å². The first-order chi connectivity index (χ1) is 9.74. The van der Waals surface area contributed by atoms with Gasteiger partial charge in [0.2, 0.25) is 0 Å². The molecule has 2 aliphatic carbocycles. The summed E-state index contributed by atoms with van der Waals surface area (Å²) in [6, 6.07) is 4.21. The second-order valence-corrected chi connectivity index (χ2v) is 6.67. The lowest BCUT2D eigenvalue weighted by atomic mass is 9.84. The topological polar surface area (TPSA) is 46.8 Å². The highest BCUT2D eigenvalue weighted by Crippen LogP contribution is 2.52. The fourth-order valence-electron chi connectivity index (χ4n) is 4.34. The van der Waals surface area contributed by atoms with Gasteiger partial charge in [-0.2, -0.15) is 5.10 Å². The maximum absolute atomic E-state index is 5.50. The molecule has 4 atom stereocenters. The molecule has 0 amide bonds. The number of fused-ring (bicyclic) bond motifs is 2. The van der Waals surface area contributed by atoms with Gasteiger partial charge in [-0.1, -0.05) is 6.42 Å². The van der Waals surface area contributed by atoms with Crippen LogP contribution in [0.2, 0.25) is 0 Å². The van der Waals surface area contributed by atoms with Crippen LogP contribution in [0.3, 0.4) is 0 Å². The molecule has 0 saturated heterocycles. The Balaban J connectivity index is 1.71. The molecule has 2 bridgehead atoms. The summed E-state index contributed by atoms with van der Waals surface area (Å²) in [5.74, 6) is 4.16. The van der Waals surface area contributed by atoms with Crippen molar-refractivity contribution in [3.05, 3.63) is 23.2 Å². The van der Waals surface area contributed by atoms with Crippen LogP contribution in [0.5, 0.6) is 0 Å². The first kappa shape index (κ1) is 12.4. The van der Waals surface area contributed by atoms with Gasteiger partial charge in [-0.05, 0) is 68.3 Å². The molecule has 0 unspecified atom stereocenters. The Hall–Kier alpha value is -1.36. The van der Waals surface area contributed by atoms with Crippen molar-refractivity contribution in [1.29, 1.82) is 0 Å². The summed E-state index contributed by atoms with van der Waals surface area (Å²) in [4.78, 5) is 0. The highest BCUT2D eigenvalue weighted by Gasteiger charge is 2.42. The zero-order valence-corrected chi connectivity index (χ0v) is 12.4. The number of furan rings is 1. The second kappa shape index (κ2) is 4.58. The number of aromatic nitrogens is 3. The van der Waals surface area contributed by atoms with E-state index in [1.165, 1.54) is 25.7 Å². The Kier molecular flexibility index (Phi) is 2.84. The van der Waals surface area contributed by atoms with E-state index in [2.05, 4.69) is 21.7 Å². The van der Waals surface area contributed by atoms with Crippen molar-refractivity contribution in [1.82, 2.24) is 14.8 Å². The van der Waals surface area contributed by atoms with Gasteiger partial charge in [0.15, 0.2) is 16.4 Å². The van der Waals surface area contributed by atoms with Crippen LogP contribution >= 0.6 is 12.2 Å². The van der Waals surface area contributed by atoms with Crippen molar-refractivity contribution < 1.29 is 4.42 Å². The van der Waals surface area contributed by atoms with E-state index in [1.54, 1.807) is 6.26 Å². The fourth-order valence-corrected chi connectivity index (χ4v) is 4.64. The predicted octanol–water partition coefficient (Wildman–Crippen LogP) is 4.20. The average molecular weight is 289 g/mol. The van der Waals surface area contributed by atoms with E-state index < -0.39 is 0 Å². The van der Waals surface area contributed by atoms with Crippen molar-refractivity contribution in [2.45, 2.75) is 38.6 Å². The van der Waals surface area contributed by atoms with Crippen molar-refractivity contribution in [2.24, 2.45) is 17.8 Å². The van der Waals surface area contributed by atoms with E-state index in [4.69, 9.17) is 16.6 Å². The minimum absolute atomic E-state index is 0.386. The van der Waals surface area contributed by atoms with Gasteiger partial charge in [0.05, 0.1) is 6.26 Å². The molecule has 106 valence electrons. The van der Waals surface area contributed by atoms with Crippen LogP contribution in [-0.2, 0) is 0 Å². The summed E-state index contributed by atoms with van der Waals surface area (Å²) in [6.07, 6.45) is 7.25. The standard InChI is InChI=1S/C15H19N3OS/c1-9(12-8-10-4-5-11(12)7-10)18-14(16-17-15(18)20)13-3-2-6-19-13/h2-3,6,9-12H,4-5,7-8H2,1H3,(H,17,20)/t9-,10-,11-,12+/m0/s1. The molecule has 2 aromatic heterocycles. The largest absolute Gasteiger partial charge is 0.461 e. The van der Waals surface area contributed by atoms with E-state index in [-0.39, 0.29) is 0 Å². The summed E-state index contributed by atoms with van der Waals surface area (Å²) in [7, 11) is 0. The molecule has 2 saturated carbocycles. The quantitative estimate of drug-likeness (QED) is 0.861. The zero-order valence-electron chi connectivity index (χ0n) is 11.6. The van der Waals surface area contributed by atoms with Crippen molar-refractivity contribution in [3.8, 4) is 11.6 Å². The van der Waals surface area contributed by atoms with Gasteiger partial charge >= 0.3 is 0 Å². The Labute approximate surface area is 123 Å². The van der Waals surface area contributed by atoms with Crippen molar-refractivity contribution in [3.63, 3.8) is 0 Å². The van der Waals surface area contributed by atoms with Gasteiger partial charge in [-0.3, -0.25) is 9.67 Å². The van der Waals surface area contributed by atoms with Crippen molar-refractivity contribution >= 4 is 12.2 Å². The first-order valence-corrected chi connectivity index (χ1v) is 7.85. The van der Waals surface area contributed by atoms with Crippen LogP contribution in [0.25, 0.3) is 11.6 Å². The summed E-state index contributed by atoms with van der Waals surface area (Å²) < 4.78 is 8.35. The van der Waals surface area contributed by atoms with Crippen LogP contribution in [0.4, 0.5) is 0 Å². The normalized spacial score (nSPS) is 29.9. The molecule has 20 heavy (non-hydrogen) atoms. The van der Waals surface area contributed by atoms with E-state index in [9.17, 15) is 0 Å². The third kappa shape index (κ3) is 1.79. The number of hydrogen-bond acceptors (Lipinski definition) is 3. The highest BCUT2D eigenvalue weighted by molar-refractivity contribution is 7.71. The molecule has 0 spiro atoms.